The van der Waals surface area contributed by atoms with Crippen LogP contribution in [0.4, 0.5) is 5.00 Å². The lowest BCUT2D eigenvalue weighted by Crippen LogP contribution is -2.25. The molecule has 8 heteroatoms. The van der Waals surface area contributed by atoms with E-state index in [1.54, 1.807) is 6.07 Å². The standard InChI is InChI=1S/C25H23N5OS2/c1-3-21(23(31)29-25-19(14-27)18-11-12-30(2)15-22(18)33-25)32-24-17(13-26)9-10-20(28-24)16-7-5-4-6-8-16/h4-10,21H,3,11-12,15H2,1-2H3,(H,29,31). The number of pyridine rings is 1. The number of thioether (sulfide) groups is 1. The quantitative estimate of drug-likeness (QED) is 0.504. The number of amides is 1. The van der Waals surface area contributed by atoms with E-state index in [0.717, 1.165) is 41.2 Å². The number of hydrogen-bond acceptors (Lipinski definition) is 7. The predicted octanol–water partition coefficient (Wildman–Crippen LogP) is 5.05. The fourth-order valence-corrected chi connectivity index (χ4v) is 6.05. The van der Waals surface area contributed by atoms with Crippen LogP contribution in [0.2, 0.25) is 0 Å². The highest BCUT2D eigenvalue weighted by Gasteiger charge is 2.26. The summed E-state index contributed by atoms with van der Waals surface area (Å²) < 4.78 is 0. The van der Waals surface area contributed by atoms with Gasteiger partial charge in [0.05, 0.1) is 22.1 Å². The van der Waals surface area contributed by atoms with Gasteiger partial charge in [0.25, 0.3) is 0 Å². The molecule has 0 bridgehead atoms. The molecule has 4 rings (SSSR count). The van der Waals surface area contributed by atoms with Crippen molar-refractivity contribution in [3.63, 3.8) is 0 Å². The first kappa shape index (κ1) is 23.0. The molecule has 6 nitrogen and oxygen atoms in total. The average molecular weight is 474 g/mol. The van der Waals surface area contributed by atoms with Gasteiger partial charge >= 0.3 is 0 Å². The number of hydrogen-bond donors (Lipinski definition) is 1. The van der Waals surface area contributed by atoms with Crippen LogP contribution in [0.15, 0.2) is 47.5 Å². The molecule has 2 aromatic heterocycles. The van der Waals surface area contributed by atoms with E-state index in [-0.39, 0.29) is 5.91 Å². The third kappa shape index (κ3) is 4.94. The van der Waals surface area contributed by atoms with Crippen molar-refractivity contribution in [2.75, 3.05) is 18.9 Å². The minimum atomic E-state index is -0.441. The maximum Gasteiger partial charge on any atom is 0.238 e. The third-order valence-electron chi connectivity index (χ3n) is 5.56. The van der Waals surface area contributed by atoms with E-state index >= 15 is 0 Å². The van der Waals surface area contributed by atoms with Crippen molar-refractivity contribution in [1.82, 2.24) is 9.88 Å². The molecule has 1 aliphatic heterocycles. The van der Waals surface area contributed by atoms with Gasteiger partial charge in [-0.05, 0) is 37.6 Å². The third-order valence-corrected chi connectivity index (χ3v) is 8.06. The summed E-state index contributed by atoms with van der Waals surface area (Å²) in [6, 6.07) is 17.8. The topological polar surface area (TPSA) is 92.8 Å². The summed E-state index contributed by atoms with van der Waals surface area (Å²) in [4.78, 5) is 21.2. The van der Waals surface area contributed by atoms with Crippen LogP contribution in [0, 0.1) is 22.7 Å². The van der Waals surface area contributed by atoms with Crippen molar-refractivity contribution in [3.8, 4) is 23.4 Å². The maximum absolute atomic E-state index is 13.2. The average Bonchev–Trinajstić information content (AvgIpc) is 3.18. The number of carbonyl (C=O) groups excluding carboxylic acids is 1. The maximum atomic E-state index is 13.2. The highest BCUT2D eigenvalue weighted by atomic mass is 32.2. The van der Waals surface area contributed by atoms with E-state index in [4.69, 9.17) is 4.98 Å². The zero-order valence-corrected chi connectivity index (χ0v) is 20.1. The van der Waals surface area contributed by atoms with Crippen LogP contribution in [0.25, 0.3) is 11.3 Å². The van der Waals surface area contributed by atoms with Crippen LogP contribution in [0.1, 0.15) is 34.9 Å². The second-order valence-electron chi connectivity index (χ2n) is 7.84. The lowest BCUT2D eigenvalue weighted by atomic mass is 10.0. The number of rotatable bonds is 6. The second kappa shape index (κ2) is 10.2. The zero-order valence-electron chi connectivity index (χ0n) is 18.5. The lowest BCUT2D eigenvalue weighted by Gasteiger charge is -2.21. The number of anilines is 1. The zero-order chi connectivity index (χ0) is 23.4. The number of carbonyl (C=O) groups is 1. The van der Waals surface area contributed by atoms with Crippen LogP contribution in [0.3, 0.4) is 0 Å². The molecule has 0 aliphatic carbocycles. The number of fused-ring (bicyclic) bond motifs is 1. The molecular formula is C25H23N5OS2. The molecule has 1 N–H and O–H groups in total. The van der Waals surface area contributed by atoms with Crippen molar-refractivity contribution >= 4 is 34.0 Å². The number of nitriles is 2. The number of benzene rings is 1. The molecule has 33 heavy (non-hydrogen) atoms. The molecular weight excluding hydrogens is 450 g/mol. The first-order chi connectivity index (χ1) is 16.0. The number of nitrogens with one attached hydrogen (secondary N) is 1. The minimum absolute atomic E-state index is 0.179. The van der Waals surface area contributed by atoms with E-state index in [0.29, 0.717) is 27.6 Å². The first-order valence-electron chi connectivity index (χ1n) is 10.7. The highest BCUT2D eigenvalue weighted by Crippen LogP contribution is 2.37. The Kier molecular flexibility index (Phi) is 7.10. The molecule has 3 aromatic rings. The van der Waals surface area contributed by atoms with Crippen molar-refractivity contribution in [2.24, 2.45) is 0 Å². The summed E-state index contributed by atoms with van der Waals surface area (Å²) in [6.07, 6.45) is 1.38. The normalized spacial score (nSPS) is 14.1. The Morgan fingerprint density at radius 1 is 1.24 bits per heavy atom. The monoisotopic (exact) mass is 473 g/mol. The van der Waals surface area contributed by atoms with Crippen LogP contribution >= 0.6 is 23.1 Å². The van der Waals surface area contributed by atoms with Gasteiger partial charge in [0.2, 0.25) is 5.91 Å². The largest absolute Gasteiger partial charge is 0.316 e. The van der Waals surface area contributed by atoms with Gasteiger partial charge in [-0.3, -0.25) is 4.79 Å². The Morgan fingerprint density at radius 2 is 2.03 bits per heavy atom. The molecule has 0 saturated carbocycles. The Hall–Kier alpha value is -3.17. The summed E-state index contributed by atoms with van der Waals surface area (Å²) in [5, 5.41) is 23.0. The van der Waals surface area contributed by atoms with Crippen LogP contribution < -0.4 is 5.32 Å². The molecule has 1 unspecified atom stereocenters. The second-order valence-corrected chi connectivity index (χ2v) is 10.1. The molecule has 0 saturated heterocycles. The van der Waals surface area contributed by atoms with Gasteiger partial charge in [0.1, 0.15) is 22.2 Å². The van der Waals surface area contributed by atoms with Crippen molar-refractivity contribution in [1.29, 1.82) is 10.5 Å². The molecule has 1 atom stereocenters. The predicted molar refractivity (Wildman–Crippen MR) is 132 cm³/mol. The highest BCUT2D eigenvalue weighted by molar-refractivity contribution is 8.00. The number of aromatic nitrogens is 1. The Labute approximate surface area is 201 Å². The van der Waals surface area contributed by atoms with Crippen LogP contribution in [0.5, 0.6) is 0 Å². The number of nitrogens with zero attached hydrogens (tertiary/aromatic N) is 4. The molecule has 0 fully saturated rings. The molecule has 1 amide bonds. The number of thiophene rings is 1. The SMILES string of the molecule is CCC(Sc1nc(-c2ccccc2)ccc1C#N)C(=O)Nc1sc2c(c1C#N)CCN(C)C2. The molecule has 0 spiro atoms. The first-order valence-corrected chi connectivity index (χ1v) is 12.4. The van der Waals surface area contributed by atoms with E-state index < -0.39 is 5.25 Å². The van der Waals surface area contributed by atoms with Gasteiger partial charge in [-0.25, -0.2) is 4.98 Å². The molecule has 166 valence electrons. The van der Waals surface area contributed by atoms with Gasteiger partial charge in [-0.2, -0.15) is 10.5 Å². The van der Waals surface area contributed by atoms with E-state index in [2.05, 4.69) is 29.4 Å². The molecule has 3 heterocycles. The number of likely N-dealkylation sites (N-methyl/N-ethyl adjacent to an activating group) is 1. The molecule has 1 aromatic carbocycles. The van der Waals surface area contributed by atoms with Gasteiger partial charge in [0, 0.05) is 23.5 Å². The van der Waals surface area contributed by atoms with Gasteiger partial charge in [0.15, 0.2) is 0 Å². The van der Waals surface area contributed by atoms with E-state index in [1.807, 2.05) is 43.3 Å². The fourth-order valence-electron chi connectivity index (χ4n) is 3.77. The summed E-state index contributed by atoms with van der Waals surface area (Å²) in [6.45, 7) is 3.63. The molecule has 1 aliphatic rings. The fraction of sp³-hybridized carbons (Fsp3) is 0.280. The van der Waals surface area contributed by atoms with Crippen LogP contribution in [-0.4, -0.2) is 34.6 Å². The summed E-state index contributed by atoms with van der Waals surface area (Å²) >= 11 is 2.78. The van der Waals surface area contributed by atoms with Crippen molar-refractivity contribution in [3.05, 3.63) is 64.0 Å². The van der Waals surface area contributed by atoms with E-state index in [9.17, 15) is 15.3 Å². The lowest BCUT2D eigenvalue weighted by molar-refractivity contribution is -0.115. The van der Waals surface area contributed by atoms with Crippen molar-refractivity contribution in [2.45, 2.75) is 36.6 Å². The van der Waals surface area contributed by atoms with Gasteiger partial charge < -0.3 is 10.2 Å². The molecule has 0 radical (unpaired) electrons. The smallest absolute Gasteiger partial charge is 0.238 e. The van der Waals surface area contributed by atoms with Crippen LogP contribution in [-0.2, 0) is 17.8 Å². The summed E-state index contributed by atoms with van der Waals surface area (Å²) in [7, 11) is 2.06. The minimum Gasteiger partial charge on any atom is -0.316 e. The summed E-state index contributed by atoms with van der Waals surface area (Å²) in [5.74, 6) is -0.179. The Balaban J connectivity index is 1.57. The van der Waals surface area contributed by atoms with Gasteiger partial charge in [-0.15, -0.1) is 11.3 Å². The van der Waals surface area contributed by atoms with Gasteiger partial charge in [-0.1, -0.05) is 49.0 Å². The van der Waals surface area contributed by atoms with E-state index in [1.165, 1.54) is 23.1 Å². The Bertz CT molecular complexity index is 1260. The Morgan fingerprint density at radius 3 is 2.73 bits per heavy atom. The summed E-state index contributed by atoms with van der Waals surface area (Å²) in [5.41, 5.74) is 3.79. The van der Waals surface area contributed by atoms with Crippen molar-refractivity contribution < 1.29 is 4.79 Å².